The minimum Gasteiger partial charge on any atom is -0.384 e. The number of hydrogen-bond donors (Lipinski definition) is 1. The number of nitrogens with zero attached hydrogens (tertiary/aromatic N) is 3. The van der Waals surface area contributed by atoms with Crippen LogP contribution in [0.2, 0.25) is 0 Å². The maximum Gasteiger partial charge on any atom is 0.182 e. The lowest BCUT2D eigenvalue weighted by Gasteiger charge is -2.13. The van der Waals surface area contributed by atoms with Gasteiger partial charge in [-0.1, -0.05) is 0 Å². The highest BCUT2D eigenvalue weighted by atomic mass is 16.1. The summed E-state index contributed by atoms with van der Waals surface area (Å²) in [7, 11) is 1.81. The third-order valence-corrected chi connectivity index (χ3v) is 2.95. The van der Waals surface area contributed by atoms with Crippen LogP contribution in [0.15, 0.2) is 23.1 Å². The summed E-state index contributed by atoms with van der Waals surface area (Å²) < 4.78 is 3.69. The molecule has 2 heterocycles. The van der Waals surface area contributed by atoms with E-state index in [1.165, 1.54) is 0 Å². The Morgan fingerprint density at radius 1 is 1.29 bits per heavy atom. The smallest absolute Gasteiger partial charge is 0.182 e. The van der Waals surface area contributed by atoms with Crippen LogP contribution in [0.4, 0.5) is 5.82 Å². The number of rotatable bonds is 2. The molecule has 17 heavy (non-hydrogen) atoms. The molecule has 5 heteroatoms. The summed E-state index contributed by atoms with van der Waals surface area (Å²) in [6.07, 6.45) is 1.76. The van der Waals surface area contributed by atoms with Crippen molar-refractivity contribution in [3.63, 3.8) is 0 Å². The fraction of sp³-hybridized carbons (Fsp3) is 0.333. The Kier molecular flexibility index (Phi) is 2.75. The van der Waals surface area contributed by atoms with Gasteiger partial charge in [-0.05, 0) is 13.8 Å². The molecule has 0 fully saturated rings. The standard InChI is InChI=1S/C12H16N4O/c1-8-4-11(17)5-9(2)16(8)7-10-6-14-15(3)12(10)13/h4-6H,7,13H2,1-3H3. The van der Waals surface area contributed by atoms with E-state index in [4.69, 9.17) is 5.73 Å². The van der Waals surface area contributed by atoms with Crippen LogP contribution < -0.4 is 11.2 Å². The van der Waals surface area contributed by atoms with E-state index >= 15 is 0 Å². The number of aryl methyl sites for hydroxylation is 3. The van der Waals surface area contributed by atoms with Crippen molar-refractivity contribution < 1.29 is 0 Å². The predicted octanol–water partition coefficient (Wildman–Crippen LogP) is 0.829. The van der Waals surface area contributed by atoms with Gasteiger partial charge in [0.2, 0.25) is 0 Å². The number of hydrogen-bond acceptors (Lipinski definition) is 3. The fourth-order valence-corrected chi connectivity index (χ4v) is 1.92. The minimum absolute atomic E-state index is 0.0374. The van der Waals surface area contributed by atoms with E-state index < -0.39 is 0 Å². The molecule has 0 saturated carbocycles. The molecule has 0 saturated heterocycles. The predicted molar refractivity (Wildman–Crippen MR) is 66.9 cm³/mol. The van der Waals surface area contributed by atoms with Crippen LogP contribution in [0, 0.1) is 13.8 Å². The van der Waals surface area contributed by atoms with Crippen molar-refractivity contribution in [3.05, 3.63) is 45.5 Å². The van der Waals surface area contributed by atoms with E-state index in [0.717, 1.165) is 17.0 Å². The van der Waals surface area contributed by atoms with Crippen molar-refractivity contribution in [1.82, 2.24) is 14.3 Å². The second-order valence-corrected chi connectivity index (χ2v) is 4.24. The Labute approximate surface area is 99.5 Å². The maximum atomic E-state index is 11.3. The quantitative estimate of drug-likeness (QED) is 0.834. The number of aromatic nitrogens is 3. The van der Waals surface area contributed by atoms with Crippen molar-refractivity contribution in [2.24, 2.45) is 7.05 Å². The molecule has 2 rings (SSSR count). The average molecular weight is 232 g/mol. The molecule has 90 valence electrons. The topological polar surface area (TPSA) is 65.8 Å². The number of anilines is 1. The summed E-state index contributed by atoms with van der Waals surface area (Å²) in [5.41, 5.74) is 8.76. The molecule has 2 N–H and O–H groups in total. The molecule has 0 spiro atoms. The summed E-state index contributed by atoms with van der Waals surface area (Å²) in [5, 5.41) is 4.11. The molecule has 0 aliphatic rings. The zero-order valence-corrected chi connectivity index (χ0v) is 10.3. The minimum atomic E-state index is 0.0374. The van der Waals surface area contributed by atoms with Gasteiger partial charge in [0.1, 0.15) is 5.82 Å². The molecule has 0 radical (unpaired) electrons. The summed E-state index contributed by atoms with van der Waals surface area (Å²) in [5.74, 6) is 0.655. The molecular formula is C12H16N4O. The van der Waals surface area contributed by atoms with E-state index in [0.29, 0.717) is 12.4 Å². The number of pyridine rings is 1. The monoisotopic (exact) mass is 232 g/mol. The zero-order valence-electron chi connectivity index (χ0n) is 10.3. The van der Waals surface area contributed by atoms with Crippen LogP contribution in [-0.2, 0) is 13.6 Å². The molecule has 5 nitrogen and oxygen atoms in total. The van der Waals surface area contributed by atoms with Gasteiger partial charge in [0.15, 0.2) is 5.43 Å². The van der Waals surface area contributed by atoms with Gasteiger partial charge in [-0.15, -0.1) is 0 Å². The number of nitrogen functional groups attached to an aromatic ring is 1. The lowest BCUT2D eigenvalue weighted by atomic mass is 10.2. The van der Waals surface area contributed by atoms with Crippen molar-refractivity contribution >= 4 is 5.82 Å². The third kappa shape index (κ3) is 2.08. The Morgan fingerprint density at radius 2 is 1.88 bits per heavy atom. The first-order valence-electron chi connectivity index (χ1n) is 5.43. The second kappa shape index (κ2) is 4.08. The van der Waals surface area contributed by atoms with Crippen LogP contribution in [0.3, 0.4) is 0 Å². The van der Waals surface area contributed by atoms with Crippen molar-refractivity contribution in [2.75, 3.05) is 5.73 Å². The van der Waals surface area contributed by atoms with Gasteiger partial charge in [0, 0.05) is 36.1 Å². The van der Waals surface area contributed by atoms with Crippen molar-refractivity contribution in [1.29, 1.82) is 0 Å². The van der Waals surface area contributed by atoms with Crippen LogP contribution >= 0.6 is 0 Å². The van der Waals surface area contributed by atoms with Gasteiger partial charge in [-0.2, -0.15) is 5.10 Å². The molecule has 0 amide bonds. The van der Waals surface area contributed by atoms with Gasteiger partial charge in [-0.3, -0.25) is 9.48 Å². The lowest BCUT2D eigenvalue weighted by molar-refractivity contribution is 0.728. The van der Waals surface area contributed by atoms with Gasteiger partial charge >= 0.3 is 0 Å². The zero-order chi connectivity index (χ0) is 12.6. The second-order valence-electron chi connectivity index (χ2n) is 4.24. The van der Waals surface area contributed by atoms with E-state index in [1.807, 2.05) is 20.9 Å². The summed E-state index contributed by atoms with van der Waals surface area (Å²) in [6, 6.07) is 3.25. The fourth-order valence-electron chi connectivity index (χ4n) is 1.92. The van der Waals surface area contributed by atoms with Gasteiger partial charge in [0.05, 0.1) is 12.7 Å². The highest BCUT2D eigenvalue weighted by Gasteiger charge is 2.08. The van der Waals surface area contributed by atoms with Crippen LogP contribution in [0.5, 0.6) is 0 Å². The largest absolute Gasteiger partial charge is 0.384 e. The Balaban J connectivity index is 2.43. The highest BCUT2D eigenvalue weighted by Crippen LogP contribution is 2.13. The van der Waals surface area contributed by atoms with E-state index in [-0.39, 0.29) is 5.43 Å². The first-order chi connectivity index (χ1) is 7.99. The third-order valence-electron chi connectivity index (χ3n) is 2.95. The van der Waals surface area contributed by atoms with E-state index in [2.05, 4.69) is 9.67 Å². The summed E-state index contributed by atoms with van der Waals surface area (Å²) in [6.45, 7) is 4.47. The van der Waals surface area contributed by atoms with Crippen molar-refractivity contribution in [2.45, 2.75) is 20.4 Å². The Morgan fingerprint density at radius 3 is 2.35 bits per heavy atom. The average Bonchev–Trinajstić information content (AvgIpc) is 2.54. The molecule has 2 aromatic rings. The molecule has 0 unspecified atom stereocenters. The Bertz CT molecular complexity index is 583. The van der Waals surface area contributed by atoms with Crippen molar-refractivity contribution in [3.8, 4) is 0 Å². The first kappa shape index (κ1) is 11.4. The summed E-state index contributed by atoms with van der Waals surface area (Å²) in [4.78, 5) is 11.3. The lowest BCUT2D eigenvalue weighted by Crippen LogP contribution is -2.14. The number of nitrogens with two attached hydrogens (primary N) is 1. The van der Waals surface area contributed by atoms with E-state index in [1.54, 1.807) is 23.0 Å². The first-order valence-corrected chi connectivity index (χ1v) is 5.43. The van der Waals surface area contributed by atoms with Crippen LogP contribution in [0.25, 0.3) is 0 Å². The SMILES string of the molecule is Cc1cc(=O)cc(C)n1Cc1cnn(C)c1N. The molecule has 2 aromatic heterocycles. The van der Waals surface area contributed by atoms with Crippen LogP contribution in [0.1, 0.15) is 17.0 Å². The molecule has 0 bridgehead atoms. The normalized spacial score (nSPS) is 10.8. The molecule has 0 aromatic carbocycles. The highest BCUT2D eigenvalue weighted by molar-refractivity contribution is 5.38. The molecule has 0 aliphatic heterocycles. The van der Waals surface area contributed by atoms with Gasteiger partial charge in [-0.25, -0.2) is 0 Å². The maximum absolute atomic E-state index is 11.3. The molecule has 0 atom stereocenters. The molecule has 0 aliphatic carbocycles. The Hall–Kier alpha value is -2.04. The van der Waals surface area contributed by atoms with Crippen LogP contribution in [-0.4, -0.2) is 14.3 Å². The summed E-state index contributed by atoms with van der Waals surface area (Å²) >= 11 is 0. The van der Waals surface area contributed by atoms with E-state index in [9.17, 15) is 4.79 Å². The van der Waals surface area contributed by atoms with Gasteiger partial charge < -0.3 is 10.3 Å². The molecular weight excluding hydrogens is 216 g/mol. The van der Waals surface area contributed by atoms with Gasteiger partial charge in [0.25, 0.3) is 0 Å².